The Morgan fingerprint density at radius 1 is 0.452 bits per heavy atom. The van der Waals surface area contributed by atoms with Crippen molar-refractivity contribution in [1.29, 1.82) is 0 Å². The Morgan fingerprint density at radius 3 is 0.952 bits per heavy atom. The lowest BCUT2D eigenvalue weighted by Crippen LogP contribution is -2.22. The molecule has 0 heteroatoms. The van der Waals surface area contributed by atoms with E-state index >= 15 is 0 Å². The number of fused-ring (bicyclic) bond motifs is 2. The van der Waals surface area contributed by atoms with Crippen LogP contribution in [0.25, 0.3) is 12.2 Å². The minimum Gasteiger partial charge on any atom is -0.0595 e. The van der Waals surface area contributed by atoms with Crippen LogP contribution in [0.5, 0.6) is 0 Å². The lowest BCUT2D eigenvalue weighted by molar-refractivity contribution is 0.517. The van der Waals surface area contributed by atoms with Crippen LogP contribution in [-0.4, -0.2) is 0 Å². The highest BCUT2D eigenvalue weighted by atomic mass is 14.4. The van der Waals surface area contributed by atoms with Gasteiger partial charge in [0.1, 0.15) is 0 Å². The molecule has 230 valence electrons. The van der Waals surface area contributed by atoms with Gasteiger partial charge in [0.2, 0.25) is 0 Å². The molecule has 0 saturated heterocycles. The Balaban J connectivity index is 1.89. The molecule has 0 spiro atoms. The second-order valence-corrected chi connectivity index (χ2v) is 18.3. The van der Waals surface area contributed by atoms with E-state index in [-0.39, 0.29) is 21.7 Å². The fraction of sp³-hybridized carbons (Fsp3) is 0.619. The minimum atomic E-state index is 0.114. The summed E-state index contributed by atoms with van der Waals surface area (Å²) in [4.78, 5) is 0. The van der Waals surface area contributed by atoms with E-state index in [9.17, 15) is 0 Å². The number of hydrogen-bond acceptors (Lipinski definition) is 0. The molecule has 2 aromatic rings. The molecule has 0 amide bonds. The summed E-state index contributed by atoms with van der Waals surface area (Å²) in [5.41, 5.74) is 16.2. The SMILES string of the molecule is CC(C)C1=Cc2c(C(C)(C)C)ccc(C(C)(C)C)c2C1CCC1C(C(C)C)=Cc2c(C(C)(C)C)ccc(C(C)(C)C)c21. The van der Waals surface area contributed by atoms with E-state index in [4.69, 9.17) is 0 Å². The van der Waals surface area contributed by atoms with Crippen molar-refractivity contribution in [3.05, 3.63) is 79.9 Å². The van der Waals surface area contributed by atoms with Crippen molar-refractivity contribution in [2.24, 2.45) is 11.8 Å². The van der Waals surface area contributed by atoms with Gasteiger partial charge in [-0.05, 0) is 90.8 Å². The predicted molar refractivity (Wildman–Crippen MR) is 188 cm³/mol. The van der Waals surface area contributed by atoms with Crippen LogP contribution in [0.15, 0.2) is 35.4 Å². The quantitative estimate of drug-likeness (QED) is 0.337. The third-order valence-electron chi connectivity index (χ3n) is 10.0. The van der Waals surface area contributed by atoms with Gasteiger partial charge < -0.3 is 0 Å². The Bertz CT molecular complexity index is 1280. The average molecular weight is 567 g/mol. The van der Waals surface area contributed by atoms with Crippen LogP contribution in [-0.2, 0) is 21.7 Å². The zero-order valence-corrected chi connectivity index (χ0v) is 30.2. The summed E-state index contributed by atoms with van der Waals surface area (Å²) in [5.74, 6) is 2.05. The Morgan fingerprint density at radius 2 is 0.714 bits per heavy atom. The number of allylic oxidation sites excluding steroid dienone is 2. The van der Waals surface area contributed by atoms with Gasteiger partial charge in [-0.15, -0.1) is 0 Å². The highest BCUT2D eigenvalue weighted by Crippen LogP contribution is 2.54. The summed E-state index contributed by atoms with van der Waals surface area (Å²) in [5, 5.41) is 0. The molecule has 0 radical (unpaired) electrons. The molecule has 0 N–H and O–H groups in total. The molecule has 2 aliphatic carbocycles. The molecule has 0 bridgehead atoms. The van der Waals surface area contributed by atoms with Crippen molar-refractivity contribution in [2.75, 3.05) is 0 Å². The van der Waals surface area contributed by atoms with Gasteiger partial charge in [-0.1, -0.05) is 158 Å². The second-order valence-electron chi connectivity index (χ2n) is 18.3. The summed E-state index contributed by atoms with van der Waals surface area (Å²) >= 11 is 0. The van der Waals surface area contributed by atoms with Gasteiger partial charge in [0.05, 0.1) is 0 Å². The number of benzene rings is 2. The van der Waals surface area contributed by atoms with E-state index in [1.54, 1.807) is 33.4 Å². The lowest BCUT2D eigenvalue weighted by Gasteiger charge is -2.33. The minimum absolute atomic E-state index is 0.114. The zero-order chi connectivity index (χ0) is 31.7. The molecule has 0 nitrogen and oxygen atoms in total. The molecule has 2 aromatic carbocycles. The highest BCUT2D eigenvalue weighted by Gasteiger charge is 2.39. The fourth-order valence-electron chi connectivity index (χ4n) is 7.91. The van der Waals surface area contributed by atoms with Gasteiger partial charge in [0, 0.05) is 11.8 Å². The standard InChI is InChI=1S/C42H62/c1-25(2)29-23-31-33(39(5,6)7)19-21-35(41(11,12)13)37(31)27(29)17-18-28-30(26(3)4)24-32-34(40(8,9)10)20-22-36(38(28)32)42(14,15)16/h19-28H,17-18H2,1-16H3. The van der Waals surface area contributed by atoms with Gasteiger partial charge >= 0.3 is 0 Å². The summed E-state index contributed by atoms with van der Waals surface area (Å²) < 4.78 is 0. The highest BCUT2D eigenvalue weighted by molar-refractivity contribution is 5.75. The number of rotatable bonds is 5. The monoisotopic (exact) mass is 566 g/mol. The van der Waals surface area contributed by atoms with Crippen LogP contribution in [0, 0.1) is 11.8 Å². The van der Waals surface area contributed by atoms with Gasteiger partial charge in [0.25, 0.3) is 0 Å². The second kappa shape index (κ2) is 10.8. The molecule has 2 unspecified atom stereocenters. The first kappa shape index (κ1) is 32.8. The molecule has 2 atom stereocenters. The van der Waals surface area contributed by atoms with Crippen molar-refractivity contribution in [2.45, 2.75) is 157 Å². The maximum atomic E-state index is 2.61. The van der Waals surface area contributed by atoms with E-state index < -0.39 is 0 Å². The zero-order valence-electron chi connectivity index (χ0n) is 30.2. The van der Waals surface area contributed by atoms with Gasteiger partial charge in [-0.25, -0.2) is 0 Å². The summed E-state index contributed by atoms with van der Waals surface area (Å²) in [6, 6.07) is 9.82. The van der Waals surface area contributed by atoms with E-state index in [2.05, 4.69) is 147 Å². The van der Waals surface area contributed by atoms with E-state index in [1.165, 1.54) is 35.1 Å². The smallest absolute Gasteiger partial charge is 0.00633 e. The van der Waals surface area contributed by atoms with Crippen molar-refractivity contribution in [1.82, 2.24) is 0 Å². The van der Waals surface area contributed by atoms with Crippen molar-refractivity contribution in [3.8, 4) is 0 Å². The Labute approximate surface area is 260 Å². The topological polar surface area (TPSA) is 0 Å². The van der Waals surface area contributed by atoms with Crippen LogP contribution in [0.4, 0.5) is 0 Å². The third-order valence-corrected chi connectivity index (χ3v) is 10.0. The number of hydrogen-bond donors (Lipinski definition) is 0. The third kappa shape index (κ3) is 5.99. The molecule has 4 rings (SSSR count). The van der Waals surface area contributed by atoms with Crippen LogP contribution in [0.2, 0.25) is 0 Å². The van der Waals surface area contributed by atoms with Crippen LogP contribution < -0.4 is 0 Å². The summed E-state index contributed by atoms with van der Waals surface area (Å²) in [6.07, 6.45) is 7.62. The molecular weight excluding hydrogens is 504 g/mol. The van der Waals surface area contributed by atoms with Crippen molar-refractivity contribution >= 4 is 12.2 Å². The van der Waals surface area contributed by atoms with E-state index in [0.717, 1.165) is 0 Å². The average Bonchev–Trinajstić information content (AvgIpc) is 3.38. The first-order chi connectivity index (χ1) is 19.0. The molecule has 0 aromatic heterocycles. The molecule has 2 aliphatic rings. The lowest BCUT2D eigenvalue weighted by atomic mass is 9.71. The largest absolute Gasteiger partial charge is 0.0595 e. The van der Waals surface area contributed by atoms with Crippen molar-refractivity contribution < 1.29 is 0 Å². The van der Waals surface area contributed by atoms with E-state index in [1.807, 2.05) is 0 Å². The first-order valence-electron chi connectivity index (χ1n) is 16.8. The fourth-order valence-corrected chi connectivity index (χ4v) is 7.91. The Hall–Kier alpha value is -2.08. The normalized spacial score (nSPS) is 19.4. The first-order valence-corrected chi connectivity index (χ1v) is 16.8. The molecule has 0 aliphatic heterocycles. The van der Waals surface area contributed by atoms with Gasteiger partial charge in [-0.2, -0.15) is 0 Å². The molecule has 42 heavy (non-hydrogen) atoms. The van der Waals surface area contributed by atoms with Gasteiger partial charge in [0.15, 0.2) is 0 Å². The van der Waals surface area contributed by atoms with Gasteiger partial charge in [-0.3, -0.25) is 0 Å². The maximum Gasteiger partial charge on any atom is 0.00633 e. The van der Waals surface area contributed by atoms with Crippen molar-refractivity contribution in [3.63, 3.8) is 0 Å². The van der Waals surface area contributed by atoms with Crippen LogP contribution >= 0.6 is 0 Å². The molecule has 0 fully saturated rings. The molecular formula is C42H62. The Kier molecular flexibility index (Phi) is 8.46. The van der Waals surface area contributed by atoms with E-state index in [0.29, 0.717) is 23.7 Å². The molecule has 0 saturated carbocycles. The maximum absolute atomic E-state index is 2.61. The van der Waals surface area contributed by atoms with Crippen LogP contribution in [0.3, 0.4) is 0 Å². The predicted octanol–water partition coefficient (Wildman–Crippen LogP) is 12.6. The summed E-state index contributed by atoms with van der Waals surface area (Å²) in [7, 11) is 0. The van der Waals surface area contributed by atoms with Crippen LogP contribution in [0.1, 0.15) is 180 Å². The summed E-state index contributed by atoms with van der Waals surface area (Å²) in [6.45, 7) is 38.4. The molecule has 0 heterocycles.